The van der Waals surface area contributed by atoms with Crippen LogP contribution >= 0.6 is 11.6 Å². The first-order chi connectivity index (χ1) is 15.9. The topological polar surface area (TPSA) is 85.3 Å². The van der Waals surface area contributed by atoms with Crippen LogP contribution in [-0.2, 0) is 9.59 Å². The van der Waals surface area contributed by atoms with Gasteiger partial charge in [-0.2, -0.15) is 0 Å². The van der Waals surface area contributed by atoms with Gasteiger partial charge < -0.3 is 24.2 Å². The van der Waals surface area contributed by atoms with E-state index >= 15 is 0 Å². The smallest absolute Gasteiger partial charge is 0.295 e. The molecule has 4 rings (SSSR count). The Morgan fingerprint density at radius 3 is 2.24 bits per heavy atom. The van der Waals surface area contributed by atoms with Gasteiger partial charge in [-0.25, -0.2) is 0 Å². The lowest BCUT2D eigenvalue weighted by Crippen LogP contribution is -2.37. The third kappa shape index (κ3) is 3.91. The number of benzene rings is 2. The van der Waals surface area contributed by atoms with Crippen LogP contribution in [0.5, 0.6) is 17.2 Å². The van der Waals surface area contributed by atoms with Gasteiger partial charge in [0.25, 0.3) is 11.7 Å². The molecule has 0 aromatic heterocycles. The summed E-state index contributed by atoms with van der Waals surface area (Å²) in [5.74, 6) is -0.580. The molecule has 1 unspecified atom stereocenters. The number of carbonyl (C=O) groups is 2. The number of aliphatic hydroxyl groups is 1. The van der Waals surface area contributed by atoms with Crippen molar-refractivity contribution < 1.29 is 28.9 Å². The predicted molar refractivity (Wildman–Crippen MR) is 124 cm³/mol. The van der Waals surface area contributed by atoms with Crippen LogP contribution in [-0.4, -0.2) is 49.1 Å². The molecule has 0 radical (unpaired) electrons. The summed E-state index contributed by atoms with van der Waals surface area (Å²) in [4.78, 5) is 28.2. The van der Waals surface area contributed by atoms with E-state index in [4.69, 9.17) is 25.8 Å². The number of Topliss-reactive ketones (excluding diaryl/α,β-unsaturated/α-hetero) is 1. The Balaban J connectivity index is 1.97. The standard InChI is InChI=1S/C25H26ClNO6/c1-31-18-11-7-6-10-15(18)22-21(24(29)25(30)27(22)14-8-4-5-9-14)23(28)16-12-17(26)20(33-3)13-19(16)32-2/h6-7,10-14,22,28H,4-5,8-9H2,1-3H3/b23-21+. The molecular weight excluding hydrogens is 446 g/mol. The average molecular weight is 472 g/mol. The largest absolute Gasteiger partial charge is 0.507 e. The second-order valence-electron chi connectivity index (χ2n) is 8.07. The SMILES string of the molecule is COc1cc(OC)c(/C(O)=C2\C(=O)C(=O)N(C3CCCC3)C2c2ccccc2OC)cc1Cl. The van der Waals surface area contributed by atoms with Crippen LogP contribution in [0.1, 0.15) is 42.9 Å². The molecule has 33 heavy (non-hydrogen) atoms. The van der Waals surface area contributed by atoms with Gasteiger partial charge in [0.05, 0.1) is 43.5 Å². The maximum atomic E-state index is 13.3. The molecule has 1 aliphatic carbocycles. The number of carbonyl (C=O) groups excluding carboxylic acids is 2. The first-order valence-electron chi connectivity index (χ1n) is 10.8. The van der Waals surface area contributed by atoms with Gasteiger partial charge in [-0.15, -0.1) is 0 Å². The highest BCUT2D eigenvalue weighted by Gasteiger charge is 2.50. The molecule has 8 heteroatoms. The summed E-state index contributed by atoms with van der Waals surface area (Å²) in [6, 6.07) is 9.32. The van der Waals surface area contributed by atoms with Crippen molar-refractivity contribution >= 4 is 29.1 Å². The summed E-state index contributed by atoms with van der Waals surface area (Å²) in [5.41, 5.74) is 0.815. The minimum Gasteiger partial charge on any atom is -0.507 e. The maximum absolute atomic E-state index is 13.3. The van der Waals surface area contributed by atoms with Crippen LogP contribution in [0.2, 0.25) is 5.02 Å². The number of hydrogen-bond donors (Lipinski definition) is 1. The van der Waals surface area contributed by atoms with Crippen LogP contribution in [0.15, 0.2) is 42.0 Å². The van der Waals surface area contributed by atoms with Gasteiger partial charge in [0, 0.05) is 17.7 Å². The van der Waals surface area contributed by atoms with E-state index in [1.54, 1.807) is 11.0 Å². The second kappa shape index (κ2) is 9.35. The van der Waals surface area contributed by atoms with E-state index in [9.17, 15) is 14.7 Å². The van der Waals surface area contributed by atoms with Gasteiger partial charge in [0.15, 0.2) is 0 Å². The van der Waals surface area contributed by atoms with Crippen LogP contribution in [0.25, 0.3) is 5.76 Å². The number of para-hydroxylation sites is 1. The molecule has 1 saturated heterocycles. The van der Waals surface area contributed by atoms with E-state index in [2.05, 4.69) is 0 Å². The van der Waals surface area contributed by atoms with Crippen molar-refractivity contribution in [1.29, 1.82) is 0 Å². The summed E-state index contributed by atoms with van der Waals surface area (Å²) in [5, 5.41) is 11.7. The number of likely N-dealkylation sites (tertiary alicyclic amines) is 1. The molecular formula is C25H26ClNO6. The van der Waals surface area contributed by atoms with Gasteiger partial charge in [-0.05, 0) is 25.0 Å². The maximum Gasteiger partial charge on any atom is 0.295 e. The summed E-state index contributed by atoms with van der Waals surface area (Å²) >= 11 is 6.31. The first-order valence-corrected chi connectivity index (χ1v) is 11.2. The lowest BCUT2D eigenvalue weighted by atomic mass is 9.93. The van der Waals surface area contributed by atoms with Gasteiger partial charge in [-0.1, -0.05) is 42.6 Å². The van der Waals surface area contributed by atoms with E-state index in [1.165, 1.54) is 33.5 Å². The molecule has 1 atom stereocenters. The summed E-state index contributed by atoms with van der Waals surface area (Å²) < 4.78 is 16.2. The predicted octanol–water partition coefficient (Wildman–Crippen LogP) is 4.73. The number of nitrogens with zero attached hydrogens (tertiary/aromatic N) is 1. The number of ketones is 1. The zero-order chi connectivity index (χ0) is 23.7. The van der Waals surface area contributed by atoms with Crippen LogP contribution in [0.3, 0.4) is 0 Å². The van der Waals surface area contributed by atoms with Crippen molar-refractivity contribution in [2.24, 2.45) is 0 Å². The zero-order valence-electron chi connectivity index (χ0n) is 18.8. The van der Waals surface area contributed by atoms with Crippen molar-refractivity contribution in [2.75, 3.05) is 21.3 Å². The molecule has 2 fully saturated rings. The Hall–Kier alpha value is -3.19. The number of hydrogen-bond acceptors (Lipinski definition) is 6. The third-order valence-electron chi connectivity index (χ3n) is 6.36. The number of rotatable bonds is 6. The van der Waals surface area contributed by atoms with Crippen LogP contribution in [0, 0.1) is 0 Å². The number of aliphatic hydroxyl groups excluding tert-OH is 1. The first kappa shape index (κ1) is 23.0. The Morgan fingerprint density at radius 1 is 0.970 bits per heavy atom. The minimum absolute atomic E-state index is 0.0177. The fourth-order valence-electron chi connectivity index (χ4n) is 4.80. The zero-order valence-corrected chi connectivity index (χ0v) is 19.5. The molecule has 2 aromatic rings. The van der Waals surface area contributed by atoms with Crippen LogP contribution < -0.4 is 14.2 Å². The van der Waals surface area contributed by atoms with Gasteiger partial charge >= 0.3 is 0 Å². The Bertz CT molecular complexity index is 1120. The molecule has 0 bridgehead atoms. The Morgan fingerprint density at radius 2 is 1.61 bits per heavy atom. The normalized spacial score (nSPS) is 20.4. The van der Waals surface area contributed by atoms with Crippen LogP contribution in [0.4, 0.5) is 0 Å². The molecule has 7 nitrogen and oxygen atoms in total. The number of amides is 1. The Kier molecular flexibility index (Phi) is 6.51. The molecule has 0 spiro atoms. The Labute approximate surface area is 197 Å². The van der Waals surface area contributed by atoms with E-state index < -0.39 is 17.7 Å². The summed E-state index contributed by atoms with van der Waals surface area (Å²) in [7, 11) is 4.44. The van der Waals surface area contributed by atoms with Crippen molar-refractivity contribution in [3.63, 3.8) is 0 Å². The van der Waals surface area contributed by atoms with E-state index in [-0.39, 0.29) is 33.7 Å². The van der Waals surface area contributed by atoms with Gasteiger partial charge in [-0.3, -0.25) is 9.59 Å². The highest BCUT2D eigenvalue weighted by molar-refractivity contribution is 6.46. The van der Waals surface area contributed by atoms with Crippen molar-refractivity contribution in [3.8, 4) is 17.2 Å². The van der Waals surface area contributed by atoms with E-state index in [1.807, 2.05) is 18.2 Å². The highest BCUT2D eigenvalue weighted by atomic mass is 35.5. The lowest BCUT2D eigenvalue weighted by molar-refractivity contribution is -0.141. The van der Waals surface area contributed by atoms with Crippen molar-refractivity contribution in [3.05, 3.63) is 58.1 Å². The molecule has 1 aliphatic heterocycles. The number of halogens is 1. The molecule has 1 N–H and O–H groups in total. The number of methoxy groups -OCH3 is 3. The third-order valence-corrected chi connectivity index (χ3v) is 6.66. The number of ether oxygens (including phenoxy) is 3. The quantitative estimate of drug-likeness (QED) is 0.372. The molecule has 2 aliphatic rings. The van der Waals surface area contributed by atoms with E-state index in [0.717, 1.165) is 25.7 Å². The molecule has 1 heterocycles. The fourth-order valence-corrected chi connectivity index (χ4v) is 5.04. The molecule has 2 aromatic carbocycles. The lowest BCUT2D eigenvalue weighted by Gasteiger charge is -2.31. The average Bonchev–Trinajstić information content (AvgIpc) is 3.45. The fraction of sp³-hybridized carbons (Fsp3) is 0.360. The van der Waals surface area contributed by atoms with Crippen molar-refractivity contribution in [2.45, 2.75) is 37.8 Å². The molecule has 174 valence electrons. The van der Waals surface area contributed by atoms with Crippen molar-refractivity contribution in [1.82, 2.24) is 4.90 Å². The van der Waals surface area contributed by atoms with Gasteiger partial charge in [0.2, 0.25) is 0 Å². The molecule has 1 saturated carbocycles. The van der Waals surface area contributed by atoms with Gasteiger partial charge in [0.1, 0.15) is 23.0 Å². The molecule has 1 amide bonds. The second-order valence-corrected chi connectivity index (χ2v) is 8.48. The van der Waals surface area contributed by atoms with E-state index in [0.29, 0.717) is 17.1 Å². The summed E-state index contributed by atoms with van der Waals surface area (Å²) in [6.45, 7) is 0. The highest BCUT2D eigenvalue weighted by Crippen LogP contribution is 2.47. The monoisotopic (exact) mass is 471 g/mol. The minimum atomic E-state index is -0.796. The summed E-state index contributed by atoms with van der Waals surface area (Å²) in [6.07, 6.45) is 3.56.